The van der Waals surface area contributed by atoms with Crippen LogP contribution < -0.4 is 5.22 Å². The van der Waals surface area contributed by atoms with Crippen LogP contribution in [0.4, 0.5) is 0 Å². The third kappa shape index (κ3) is 4.50. The molecule has 0 fully saturated rings. The smallest absolute Gasteiger partial charge is 0.00241 e. The molecule has 0 saturated heterocycles. The molecule has 0 radical (unpaired) electrons. The Kier molecular flexibility index (Phi) is 6.40. The van der Waals surface area contributed by atoms with E-state index >= 15 is 0 Å². The molecule has 0 nitrogen and oxygen atoms in total. The molecule has 0 atom stereocenters. The summed E-state index contributed by atoms with van der Waals surface area (Å²) >= 11 is 0. The molecular formula is C41H34. The second-order valence-corrected chi connectivity index (χ2v) is 11.4. The highest BCUT2D eigenvalue weighted by Gasteiger charge is 2.12. The van der Waals surface area contributed by atoms with Gasteiger partial charge in [-0.1, -0.05) is 133 Å². The van der Waals surface area contributed by atoms with Crippen molar-refractivity contribution >= 4 is 59.9 Å². The average Bonchev–Trinajstić information content (AvgIpc) is 3.01. The topological polar surface area (TPSA) is 0 Å². The van der Waals surface area contributed by atoms with Crippen LogP contribution >= 0.6 is 0 Å². The van der Waals surface area contributed by atoms with E-state index in [1.165, 1.54) is 94.2 Å². The SMILES string of the molecule is Cc1ccc2ccc3c4c(ccc1c24)=CCC3.Cc1ccc2ccc3cccc4ccc1c2c34.Cc1ccccc1. The van der Waals surface area contributed by atoms with Crippen molar-refractivity contribution in [2.24, 2.45) is 0 Å². The van der Waals surface area contributed by atoms with E-state index in [4.69, 9.17) is 0 Å². The number of rotatable bonds is 0. The van der Waals surface area contributed by atoms with Crippen LogP contribution in [0.5, 0.6) is 0 Å². The van der Waals surface area contributed by atoms with E-state index in [2.05, 4.69) is 130 Å². The van der Waals surface area contributed by atoms with Crippen LogP contribution in [0, 0.1) is 20.8 Å². The molecular weight excluding hydrogens is 492 g/mol. The van der Waals surface area contributed by atoms with Crippen LogP contribution in [0.1, 0.15) is 28.7 Å². The maximum atomic E-state index is 2.38. The summed E-state index contributed by atoms with van der Waals surface area (Å²) in [5.74, 6) is 0. The molecule has 0 heteroatoms. The highest BCUT2D eigenvalue weighted by Crippen LogP contribution is 2.35. The van der Waals surface area contributed by atoms with Gasteiger partial charge in [0.25, 0.3) is 0 Å². The molecule has 0 N–H and O–H groups in total. The minimum Gasteiger partial charge on any atom is -0.0763 e. The van der Waals surface area contributed by atoms with Crippen molar-refractivity contribution in [3.8, 4) is 0 Å². The monoisotopic (exact) mass is 526 g/mol. The fourth-order valence-corrected chi connectivity index (χ4v) is 6.57. The number of benzene rings is 8. The largest absolute Gasteiger partial charge is 0.0763 e. The first-order valence-electron chi connectivity index (χ1n) is 14.7. The van der Waals surface area contributed by atoms with E-state index in [9.17, 15) is 0 Å². The summed E-state index contributed by atoms with van der Waals surface area (Å²) in [4.78, 5) is 0. The second kappa shape index (κ2) is 10.4. The Bertz CT molecular complexity index is 2200. The summed E-state index contributed by atoms with van der Waals surface area (Å²) in [5, 5.41) is 15.4. The third-order valence-corrected chi connectivity index (χ3v) is 8.71. The molecule has 41 heavy (non-hydrogen) atoms. The Balaban J connectivity index is 0.000000110. The number of hydrogen-bond donors (Lipinski definition) is 0. The lowest BCUT2D eigenvalue weighted by atomic mass is 9.89. The molecule has 0 heterocycles. The van der Waals surface area contributed by atoms with Gasteiger partial charge in [0, 0.05) is 0 Å². The average molecular weight is 527 g/mol. The Morgan fingerprint density at radius 2 is 0.951 bits per heavy atom. The fourth-order valence-electron chi connectivity index (χ4n) is 6.57. The van der Waals surface area contributed by atoms with Crippen molar-refractivity contribution in [2.75, 3.05) is 0 Å². The molecule has 0 saturated carbocycles. The molecule has 0 aliphatic heterocycles. The fraction of sp³-hybridized carbons (Fsp3) is 0.122. The van der Waals surface area contributed by atoms with Gasteiger partial charge >= 0.3 is 0 Å². The highest BCUT2D eigenvalue weighted by atomic mass is 14.2. The van der Waals surface area contributed by atoms with E-state index < -0.39 is 0 Å². The molecule has 0 aromatic heterocycles. The summed E-state index contributed by atoms with van der Waals surface area (Å²) in [6, 6.07) is 43.8. The summed E-state index contributed by atoms with van der Waals surface area (Å²) in [6.07, 6.45) is 4.75. The first-order chi connectivity index (χ1) is 20.1. The van der Waals surface area contributed by atoms with E-state index in [0.29, 0.717) is 0 Å². The third-order valence-electron chi connectivity index (χ3n) is 8.71. The zero-order valence-corrected chi connectivity index (χ0v) is 24.0. The molecule has 1 aliphatic rings. The normalized spacial score (nSPS) is 12.3. The standard InChI is InChI=1S/C17H14.C17H12.C7H8/c2*1-11-5-6-14-8-7-12-3-2-4-13-9-10-15(11)17(14)16(12)13;1-7-5-3-2-4-6-7/h4-10H,2-3H2,1H3;2-10H,1H3;2-6H,1H3. The lowest BCUT2D eigenvalue weighted by Crippen LogP contribution is -2.10. The van der Waals surface area contributed by atoms with Gasteiger partial charge in [0.15, 0.2) is 0 Å². The molecule has 198 valence electrons. The van der Waals surface area contributed by atoms with Crippen molar-refractivity contribution in [2.45, 2.75) is 33.6 Å². The second-order valence-electron chi connectivity index (χ2n) is 11.4. The Morgan fingerprint density at radius 3 is 1.59 bits per heavy atom. The van der Waals surface area contributed by atoms with Crippen molar-refractivity contribution in [3.05, 3.63) is 149 Å². The van der Waals surface area contributed by atoms with E-state index in [1.54, 1.807) is 0 Å². The summed E-state index contributed by atoms with van der Waals surface area (Å²) < 4.78 is 0. The lowest BCUT2D eigenvalue weighted by molar-refractivity contribution is 1.04. The Hall–Kier alpha value is -4.68. The van der Waals surface area contributed by atoms with Gasteiger partial charge in [0.2, 0.25) is 0 Å². The molecule has 0 unspecified atom stereocenters. The summed E-state index contributed by atoms with van der Waals surface area (Å²) in [7, 11) is 0. The molecule has 8 aromatic carbocycles. The quantitative estimate of drug-likeness (QED) is 0.172. The molecule has 8 aromatic rings. The Labute approximate surface area is 241 Å². The predicted molar refractivity (Wildman–Crippen MR) is 180 cm³/mol. The lowest BCUT2D eigenvalue weighted by Gasteiger charge is -2.15. The van der Waals surface area contributed by atoms with Gasteiger partial charge < -0.3 is 0 Å². The van der Waals surface area contributed by atoms with E-state index in [-0.39, 0.29) is 0 Å². The molecule has 9 rings (SSSR count). The number of aryl methyl sites for hydroxylation is 4. The number of hydrogen-bond acceptors (Lipinski definition) is 0. The van der Waals surface area contributed by atoms with Crippen molar-refractivity contribution in [1.29, 1.82) is 0 Å². The van der Waals surface area contributed by atoms with Crippen LogP contribution in [0.3, 0.4) is 0 Å². The van der Waals surface area contributed by atoms with Gasteiger partial charge in [-0.3, -0.25) is 0 Å². The van der Waals surface area contributed by atoms with E-state index in [0.717, 1.165) is 0 Å². The summed E-state index contributed by atoms with van der Waals surface area (Å²) in [5.41, 5.74) is 5.58. The molecule has 0 bridgehead atoms. The van der Waals surface area contributed by atoms with Gasteiger partial charge in [0.05, 0.1) is 0 Å². The molecule has 1 aliphatic carbocycles. The first-order valence-corrected chi connectivity index (χ1v) is 14.7. The predicted octanol–water partition coefficient (Wildman–Crippen LogP) is 10.6. The minimum absolute atomic E-state index is 1.18. The molecule has 0 spiro atoms. The minimum atomic E-state index is 1.18. The van der Waals surface area contributed by atoms with Crippen LogP contribution in [0.25, 0.3) is 59.9 Å². The Morgan fingerprint density at radius 1 is 0.415 bits per heavy atom. The van der Waals surface area contributed by atoms with Gasteiger partial charge in [-0.05, 0) is 109 Å². The van der Waals surface area contributed by atoms with Gasteiger partial charge in [0.1, 0.15) is 0 Å². The van der Waals surface area contributed by atoms with Crippen molar-refractivity contribution < 1.29 is 0 Å². The van der Waals surface area contributed by atoms with Crippen LogP contribution in [0.2, 0.25) is 0 Å². The molecule has 0 amide bonds. The van der Waals surface area contributed by atoms with E-state index in [1.807, 2.05) is 18.2 Å². The highest BCUT2D eigenvalue weighted by molar-refractivity contribution is 6.23. The van der Waals surface area contributed by atoms with Crippen molar-refractivity contribution in [1.82, 2.24) is 0 Å². The van der Waals surface area contributed by atoms with Gasteiger partial charge in [-0.2, -0.15) is 0 Å². The zero-order chi connectivity index (χ0) is 27.9. The summed E-state index contributed by atoms with van der Waals surface area (Å²) in [6.45, 7) is 6.47. The maximum Gasteiger partial charge on any atom is -0.00241 e. The first kappa shape index (κ1) is 25.3. The zero-order valence-electron chi connectivity index (χ0n) is 24.0. The van der Waals surface area contributed by atoms with Crippen molar-refractivity contribution in [3.63, 3.8) is 0 Å². The van der Waals surface area contributed by atoms with Gasteiger partial charge in [-0.25, -0.2) is 0 Å². The van der Waals surface area contributed by atoms with Gasteiger partial charge in [-0.15, -0.1) is 0 Å². The van der Waals surface area contributed by atoms with Crippen LogP contribution in [-0.4, -0.2) is 0 Å². The maximum absolute atomic E-state index is 2.38. The van der Waals surface area contributed by atoms with Crippen LogP contribution in [0.15, 0.2) is 121 Å². The van der Waals surface area contributed by atoms with Crippen LogP contribution in [-0.2, 0) is 6.42 Å².